The molecule has 82 valence electrons. The number of hydrogen-bond donors (Lipinski definition) is 2. The lowest BCUT2D eigenvalue weighted by atomic mass is 10.0. The second-order valence-corrected chi connectivity index (χ2v) is 4.03. The molecule has 1 fully saturated rings. The summed E-state index contributed by atoms with van der Waals surface area (Å²) < 4.78 is 0. The van der Waals surface area contributed by atoms with E-state index in [1.54, 1.807) is 7.05 Å². The number of hydrogen-bond acceptors (Lipinski definition) is 3. The molecule has 4 nitrogen and oxygen atoms in total. The topological polar surface area (TPSA) is 58.4 Å². The van der Waals surface area contributed by atoms with Crippen molar-refractivity contribution < 1.29 is 4.79 Å². The quantitative estimate of drug-likeness (QED) is 0.659. The highest BCUT2D eigenvalue weighted by atomic mass is 16.1. The molecule has 1 aliphatic rings. The van der Waals surface area contributed by atoms with Crippen molar-refractivity contribution in [3.05, 3.63) is 0 Å². The van der Waals surface area contributed by atoms with Crippen LogP contribution in [-0.2, 0) is 4.79 Å². The molecule has 0 bridgehead atoms. The fourth-order valence-electron chi connectivity index (χ4n) is 2.12. The highest BCUT2D eigenvalue weighted by Crippen LogP contribution is 2.22. The molecule has 1 amide bonds. The molecule has 0 aromatic rings. The van der Waals surface area contributed by atoms with Gasteiger partial charge in [0.05, 0.1) is 0 Å². The summed E-state index contributed by atoms with van der Waals surface area (Å²) >= 11 is 0. The number of nitrogens with two attached hydrogens (primary N) is 1. The molecular weight excluding hydrogens is 178 g/mol. The zero-order chi connectivity index (χ0) is 10.6. The third kappa shape index (κ3) is 2.69. The van der Waals surface area contributed by atoms with Crippen LogP contribution in [0.3, 0.4) is 0 Å². The van der Waals surface area contributed by atoms with Crippen molar-refractivity contribution in [1.82, 2.24) is 10.2 Å². The van der Waals surface area contributed by atoms with Crippen LogP contribution in [-0.4, -0.2) is 43.5 Å². The smallest absolute Gasteiger partial charge is 0.221 e. The largest absolute Gasteiger partial charge is 0.359 e. The first kappa shape index (κ1) is 11.5. The fraction of sp³-hybridized carbons (Fsp3) is 0.900. The van der Waals surface area contributed by atoms with Crippen LogP contribution in [0, 0.1) is 5.92 Å². The highest BCUT2D eigenvalue weighted by molar-refractivity contribution is 5.75. The number of carbonyl (C=O) groups is 1. The van der Waals surface area contributed by atoms with E-state index in [0.717, 1.165) is 13.1 Å². The zero-order valence-corrected chi connectivity index (χ0v) is 9.12. The lowest BCUT2D eigenvalue weighted by Crippen LogP contribution is -2.40. The standard InChI is InChI=1S/C10H21N3O/c1-8-3-5-13(9(8)7-11)6-4-10(14)12-2/h8-9H,3-7,11H2,1-2H3,(H,12,14). The molecule has 1 saturated heterocycles. The first-order valence-electron chi connectivity index (χ1n) is 5.33. The van der Waals surface area contributed by atoms with E-state index >= 15 is 0 Å². The Labute approximate surface area is 85.8 Å². The summed E-state index contributed by atoms with van der Waals surface area (Å²) in [5, 5.41) is 2.64. The molecule has 0 saturated carbocycles. The lowest BCUT2D eigenvalue weighted by molar-refractivity contribution is -0.121. The number of carbonyl (C=O) groups excluding carboxylic acids is 1. The molecule has 0 spiro atoms. The summed E-state index contributed by atoms with van der Waals surface area (Å²) in [6.45, 7) is 4.86. The Balaban J connectivity index is 2.33. The minimum absolute atomic E-state index is 0.111. The first-order valence-corrected chi connectivity index (χ1v) is 5.33. The van der Waals surface area contributed by atoms with E-state index in [9.17, 15) is 4.79 Å². The maximum absolute atomic E-state index is 11.1. The average molecular weight is 199 g/mol. The number of nitrogens with one attached hydrogen (secondary N) is 1. The highest BCUT2D eigenvalue weighted by Gasteiger charge is 2.29. The van der Waals surface area contributed by atoms with Crippen molar-refractivity contribution in [2.45, 2.75) is 25.8 Å². The summed E-state index contributed by atoms with van der Waals surface area (Å²) in [5.41, 5.74) is 5.71. The van der Waals surface area contributed by atoms with Gasteiger partial charge in [0.1, 0.15) is 0 Å². The molecule has 4 heteroatoms. The Hall–Kier alpha value is -0.610. The van der Waals surface area contributed by atoms with Crippen molar-refractivity contribution in [1.29, 1.82) is 0 Å². The van der Waals surface area contributed by atoms with Gasteiger partial charge in [-0.2, -0.15) is 0 Å². The molecule has 0 aromatic carbocycles. The summed E-state index contributed by atoms with van der Waals surface area (Å²) in [6.07, 6.45) is 1.79. The van der Waals surface area contributed by atoms with Crippen LogP contribution in [0.1, 0.15) is 19.8 Å². The minimum atomic E-state index is 0.111. The van der Waals surface area contributed by atoms with Crippen LogP contribution in [0.5, 0.6) is 0 Å². The van der Waals surface area contributed by atoms with E-state index in [4.69, 9.17) is 5.73 Å². The predicted octanol–water partition coefficient (Wildman–Crippen LogP) is -0.208. The van der Waals surface area contributed by atoms with Crippen LogP contribution >= 0.6 is 0 Å². The fourth-order valence-corrected chi connectivity index (χ4v) is 2.12. The minimum Gasteiger partial charge on any atom is -0.359 e. The molecule has 0 aliphatic carbocycles. The summed E-state index contributed by atoms with van der Waals surface area (Å²) in [4.78, 5) is 13.4. The Kier molecular flexibility index (Phi) is 4.35. The Morgan fingerprint density at radius 3 is 2.93 bits per heavy atom. The van der Waals surface area contributed by atoms with E-state index in [1.807, 2.05) is 0 Å². The molecule has 0 aromatic heterocycles. The SMILES string of the molecule is CNC(=O)CCN1CCC(C)C1CN. The Morgan fingerprint density at radius 1 is 1.64 bits per heavy atom. The van der Waals surface area contributed by atoms with Gasteiger partial charge in [0, 0.05) is 32.6 Å². The molecule has 14 heavy (non-hydrogen) atoms. The first-order chi connectivity index (χ1) is 6.69. The number of rotatable bonds is 4. The maximum atomic E-state index is 11.1. The van der Waals surface area contributed by atoms with Crippen LogP contribution < -0.4 is 11.1 Å². The van der Waals surface area contributed by atoms with Crippen molar-refractivity contribution in [3.63, 3.8) is 0 Å². The van der Waals surface area contributed by atoms with E-state index in [0.29, 0.717) is 24.9 Å². The molecule has 1 rings (SSSR count). The van der Waals surface area contributed by atoms with E-state index in [-0.39, 0.29) is 5.91 Å². The van der Waals surface area contributed by atoms with E-state index in [1.165, 1.54) is 6.42 Å². The Morgan fingerprint density at radius 2 is 2.36 bits per heavy atom. The maximum Gasteiger partial charge on any atom is 0.221 e. The molecule has 0 radical (unpaired) electrons. The van der Waals surface area contributed by atoms with Gasteiger partial charge in [0.25, 0.3) is 0 Å². The van der Waals surface area contributed by atoms with E-state index < -0.39 is 0 Å². The summed E-state index contributed by atoms with van der Waals surface area (Å²) in [7, 11) is 1.68. The molecule has 1 aliphatic heterocycles. The molecule has 2 atom stereocenters. The van der Waals surface area contributed by atoms with E-state index in [2.05, 4.69) is 17.1 Å². The van der Waals surface area contributed by atoms with Gasteiger partial charge in [-0.1, -0.05) is 6.92 Å². The second kappa shape index (κ2) is 5.32. The van der Waals surface area contributed by atoms with Crippen molar-refractivity contribution in [2.24, 2.45) is 11.7 Å². The average Bonchev–Trinajstić information content (AvgIpc) is 2.55. The van der Waals surface area contributed by atoms with Crippen molar-refractivity contribution in [3.8, 4) is 0 Å². The van der Waals surface area contributed by atoms with Crippen LogP contribution in [0.25, 0.3) is 0 Å². The normalized spacial score (nSPS) is 27.9. The van der Waals surface area contributed by atoms with Crippen molar-refractivity contribution >= 4 is 5.91 Å². The predicted molar refractivity (Wildman–Crippen MR) is 56.9 cm³/mol. The molecule has 3 N–H and O–H groups in total. The zero-order valence-electron chi connectivity index (χ0n) is 9.12. The van der Waals surface area contributed by atoms with Gasteiger partial charge in [-0.25, -0.2) is 0 Å². The number of likely N-dealkylation sites (tertiary alicyclic amines) is 1. The van der Waals surface area contributed by atoms with Gasteiger partial charge in [-0.3, -0.25) is 9.69 Å². The molecular formula is C10H21N3O. The van der Waals surface area contributed by atoms with Gasteiger partial charge in [0.15, 0.2) is 0 Å². The van der Waals surface area contributed by atoms with Crippen molar-refractivity contribution in [2.75, 3.05) is 26.7 Å². The van der Waals surface area contributed by atoms with Crippen LogP contribution in [0.15, 0.2) is 0 Å². The van der Waals surface area contributed by atoms with Gasteiger partial charge < -0.3 is 11.1 Å². The van der Waals surface area contributed by atoms with Crippen LogP contribution in [0.2, 0.25) is 0 Å². The molecule has 1 heterocycles. The van der Waals surface area contributed by atoms with Gasteiger partial charge in [-0.15, -0.1) is 0 Å². The number of nitrogens with zero attached hydrogens (tertiary/aromatic N) is 1. The van der Waals surface area contributed by atoms with Gasteiger partial charge >= 0.3 is 0 Å². The summed E-state index contributed by atoms with van der Waals surface area (Å²) in [5.74, 6) is 0.782. The number of amides is 1. The Bertz CT molecular complexity index is 196. The monoisotopic (exact) mass is 199 g/mol. The third-order valence-electron chi connectivity index (χ3n) is 3.14. The van der Waals surface area contributed by atoms with Gasteiger partial charge in [0.2, 0.25) is 5.91 Å². The molecule has 2 unspecified atom stereocenters. The summed E-state index contributed by atoms with van der Waals surface area (Å²) in [6, 6.07) is 0.472. The second-order valence-electron chi connectivity index (χ2n) is 4.03. The van der Waals surface area contributed by atoms with Crippen LogP contribution in [0.4, 0.5) is 0 Å². The van der Waals surface area contributed by atoms with Gasteiger partial charge in [-0.05, 0) is 18.9 Å². The lowest BCUT2D eigenvalue weighted by Gasteiger charge is -2.24. The third-order valence-corrected chi connectivity index (χ3v) is 3.14.